The number of rotatable bonds is 9. The molecule has 0 spiro atoms. The van der Waals surface area contributed by atoms with Crippen molar-refractivity contribution in [3.63, 3.8) is 0 Å². The molecule has 1 aliphatic rings. The van der Waals surface area contributed by atoms with Gasteiger partial charge in [0, 0.05) is 39.4 Å². The lowest BCUT2D eigenvalue weighted by Crippen LogP contribution is -2.41. The average Bonchev–Trinajstić information content (AvgIpc) is 3.15. The van der Waals surface area contributed by atoms with Gasteiger partial charge in [-0.25, -0.2) is 12.8 Å². The summed E-state index contributed by atoms with van der Waals surface area (Å²) in [6.07, 6.45) is 6.47. The van der Waals surface area contributed by atoms with Crippen molar-refractivity contribution >= 4 is 21.7 Å². The third kappa shape index (κ3) is 8.81. The Morgan fingerprint density at radius 3 is 2.48 bits per heavy atom. The van der Waals surface area contributed by atoms with Crippen LogP contribution in [0.4, 0.5) is 4.39 Å². The third-order valence-electron chi connectivity index (χ3n) is 4.94. The Balaban J connectivity index is 1.77. The molecule has 0 aliphatic heterocycles. The Bertz CT molecular complexity index is 821. The van der Waals surface area contributed by atoms with E-state index in [1.54, 1.807) is 7.05 Å². The Kier molecular flexibility index (Phi) is 8.88. The van der Waals surface area contributed by atoms with Crippen molar-refractivity contribution in [2.75, 3.05) is 26.4 Å². The van der Waals surface area contributed by atoms with Crippen LogP contribution >= 0.6 is 0 Å². The molecule has 0 saturated heterocycles. The monoisotopic (exact) mass is 426 g/mol. The summed E-state index contributed by atoms with van der Waals surface area (Å²) in [7, 11) is -1.62. The summed E-state index contributed by atoms with van der Waals surface area (Å²) in [6, 6.07) is 4.07. The molecule has 3 N–H and O–H groups in total. The molecule has 0 aromatic heterocycles. The van der Waals surface area contributed by atoms with Gasteiger partial charge in [0.15, 0.2) is 15.8 Å². The van der Waals surface area contributed by atoms with Crippen LogP contribution < -0.4 is 16.0 Å². The number of hydrogen-bond acceptors (Lipinski definition) is 4. The van der Waals surface area contributed by atoms with Gasteiger partial charge in [-0.2, -0.15) is 0 Å². The molecular formula is C20H31FN4O3S. The van der Waals surface area contributed by atoms with Crippen LogP contribution in [0.25, 0.3) is 0 Å². The number of guanidine groups is 1. The molecule has 0 unspecified atom stereocenters. The highest BCUT2D eigenvalue weighted by molar-refractivity contribution is 7.89. The van der Waals surface area contributed by atoms with Crippen molar-refractivity contribution < 1.29 is 17.6 Å². The molecule has 2 rings (SSSR count). The summed E-state index contributed by atoms with van der Waals surface area (Å²) in [5.41, 5.74) is 1.11. The van der Waals surface area contributed by atoms with E-state index in [-0.39, 0.29) is 18.2 Å². The lowest BCUT2D eigenvalue weighted by molar-refractivity contribution is -0.121. The van der Waals surface area contributed by atoms with Crippen LogP contribution in [0, 0.1) is 11.7 Å². The Labute approximate surface area is 172 Å². The van der Waals surface area contributed by atoms with Crippen molar-refractivity contribution in [3.8, 4) is 0 Å². The number of halogens is 1. The van der Waals surface area contributed by atoms with E-state index in [1.807, 2.05) is 0 Å². The van der Waals surface area contributed by atoms with E-state index in [4.69, 9.17) is 0 Å². The number of carbonyl (C=O) groups excluding carboxylic acids is 1. The molecular weight excluding hydrogens is 395 g/mol. The van der Waals surface area contributed by atoms with Gasteiger partial charge in [-0.3, -0.25) is 9.79 Å². The van der Waals surface area contributed by atoms with Gasteiger partial charge in [-0.15, -0.1) is 0 Å². The van der Waals surface area contributed by atoms with Gasteiger partial charge in [-0.05, 0) is 42.0 Å². The molecule has 1 saturated carbocycles. The van der Waals surface area contributed by atoms with E-state index >= 15 is 0 Å². The molecule has 1 aromatic carbocycles. The summed E-state index contributed by atoms with van der Waals surface area (Å²) < 4.78 is 36.8. The van der Waals surface area contributed by atoms with Crippen molar-refractivity contribution in [2.45, 2.75) is 44.4 Å². The van der Waals surface area contributed by atoms with Crippen molar-refractivity contribution in [1.82, 2.24) is 16.0 Å². The van der Waals surface area contributed by atoms with E-state index in [1.165, 1.54) is 31.0 Å². The van der Waals surface area contributed by atoms with E-state index in [9.17, 15) is 17.6 Å². The van der Waals surface area contributed by atoms with Gasteiger partial charge in [0.2, 0.25) is 5.91 Å². The molecule has 1 aromatic rings. The lowest BCUT2D eigenvalue weighted by atomic mass is 10.0. The van der Waals surface area contributed by atoms with Crippen LogP contribution in [0.2, 0.25) is 0 Å². The zero-order valence-corrected chi connectivity index (χ0v) is 17.9. The number of nitrogens with one attached hydrogen (secondary N) is 3. The first kappa shape index (κ1) is 23.1. The quantitative estimate of drug-likeness (QED) is 0.317. The lowest BCUT2D eigenvalue weighted by Gasteiger charge is -2.15. The van der Waals surface area contributed by atoms with E-state index < -0.39 is 15.7 Å². The first-order valence-corrected chi connectivity index (χ1v) is 12.0. The molecule has 0 radical (unpaired) electrons. The molecule has 9 heteroatoms. The maximum Gasteiger partial charge on any atom is 0.220 e. The second kappa shape index (κ2) is 11.1. The third-order valence-corrected chi connectivity index (χ3v) is 5.78. The second-order valence-corrected chi connectivity index (χ2v) is 9.68. The number of nitrogens with zero attached hydrogens (tertiary/aromatic N) is 1. The van der Waals surface area contributed by atoms with Crippen LogP contribution in [0.15, 0.2) is 23.2 Å². The fourth-order valence-electron chi connectivity index (χ4n) is 3.51. The van der Waals surface area contributed by atoms with Gasteiger partial charge in [-0.1, -0.05) is 18.9 Å². The molecule has 0 atom stereocenters. The maximum absolute atomic E-state index is 13.6. The van der Waals surface area contributed by atoms with Crippen LogP contribution in [0.1, 0.15) is 43.2 Å². The van der Waals surface area contributed by atoms with Gasteiger partial charge < -0.3 is 16.0 Å². The predicted octanol–water partition coefficient (Wildman–Crippen LogP) is 1.73. The molecule has 162 valence electrons. The van der Waals surface area contributed by atoms with Gasteiger partial charge in [0.05, 0.1) is 5.75 Å². The van der Waals surface area contributed by atoms with Crippen LogP contribution in [-0.4, -0.2) is 46.7 Å². The van der Waals surface area contributed by atoms with E-state index in [0.29, 0.717) is 42.5 Å². The van der Waals surface area contributed by atoms with Crippen LogP contribution in [-0.2, 0) is 26.9 Å². The van der Waals surface area contributed by atoms with E-state index in [0.717, 1.165) is 19.1 Å². The number of benzene rings is 1. The number of carbonyl (C=O) groups is 1. The van der Waals surface area contributed by atoms with Crippen LogP contribution in [0.3, 0.4) is 0 Å². The molecule has 29 heavy (non-hydrogen) atoms. The predicted molar refractivity (Wildman–Crippen MR) is 113 cm³/mol. The minimum atomic E-state index is -3.23. The number of sulfone groups is 1. The summed E-state index contributed by atoms with van der Waals surface area (Å²) in [5, 5.41) is 9.04. The minimum Gasteiger partial charge on any atom is -0.355 e. The SMILES string of the molecule is CN=C(NCCNC(=O)CC1CCCC1)NCc1cc(F)ccc1CS(C)(=O)=O. The zero-order valence-electron chi connectivity index (χ0n) is 17.1. The minimum absolute atomic E-state index is 0.0758. The number of aliphatic imine (C=N–C) groups is 1. The first-order chi connectivity index (χ1) is 13.8. The molecule has 1 aliphatic carbocycles. The summed E-state index contributed by atoms with van der Waals surface area (Å²) >= 11 is 0. The van der Waals surface area contributed by atoms with Gasteiger partial charge in [0.1, 0.15) is 5.82 Å². The maximum atomic E-state index is 13.6. The molecule has 1 amide bonds. The van der Waals surface area contributed by atoms with Crippen LogP contribution in [0.5, 0.6) is 0 Å². The van der Waals surface area contributed by atoms with Crippen molar-refractivity contribution in [3.05, 3.63) is 35.1 Å². The Hall–Kier alpha value is -2.16. The van der Waals surface area contributed by atoms with Crippen molar-refractivity contribution in [2.24, 2.45) is 10.9 Å². The topological polar surface area (TPSA) is 99.7 Å². The number of hydrogen-bond donors (Lipinski definition) is 3. The number of amides is 1. The summed E-state index contributed by atoms with van der Waals surface area (Å²) in [6.45, 7) is 1.21. The Morgan fingerprint density at radius 2 is 1.83 bits per heavy atom. The largest absolute Gasteiger partial charge is 0.355 e. The zero-order chi connectivity index (χ0) is 21.3. The molecule has 7 nitrogen and oxygen atoms in total. The summed E-state index contributed by atoms with van der Waals surface area (Å²) in [4.78, 5) is 16.0. The van der Waals surface area contributed by atoms with E-state index in [2.05, 4.69) is 20.9 Å². The normalized spacial score (nSPS) is 15.3. The highest BCUT2D eigenvalue weighted by atomic mass is 32.2. The average molecular weight is 427 g/mol. The standard InChI is InChI=1S/C20H31FN4O3S/c1-22-20(24-10-9-23-19(26)11-15-5-3-4-6-15)25-13-17-12-18(21)8-7-16(17)14-29(2,27)28/h7-8,12,15H,3-6,9-11,13-14H2,1-2H3,(H,23,26)(H2,22,24,25). The molecule has 1 fully saturated rings. The van der Waals surface area contributed by atoms with Crippen molar-refractivity contribution in [1.29, 1.82) is 0 Å². The first-order valence-electron chi connectivity index (χ1n) is 9.93. The fourth-order valence-corrected chi connectivity index (χ4v) is 4.36. The highest BCUT2D eigenvalue weighted by Crippen LogP contribution is 2.27. The Morgan fingerprint density at radius 1 is 1.14 bits per heavy atom. The summed E-state index contributed by atoms with van der Waals surface area (Å²) in [5.74, 6) is 0.511. The van der Waals surface area contributed by atoms with Gasteiger partial charge in [0.25, 0.3) is 0 Å². The highest BCUT2D eigenvalue weighted by Gasteiger charge is 2.18. The second-order valence-electron chi connectivity index (χ2n) is 7.54. The smallest absolute Gasteiger partial charge is 0.220 e. The molecule has 0 heterocycles. The molecule has 0 bridgehead atoms. The fraction of sp³-hybridized carbons (Fsp3) is 0.600. The van der Waals surface area contributed by atoms with Gasteiger partial charge >= 0.3 is 0 Å².